The first-order chi connectivity index (χ1) is 7.90. The van der Waals surface area contributed by atoms with E-state index in [9.17, 15) is 9.59 Å². The number of rotatable bonds is 1. The molecule has 0 unspecified atom stereocenters. The molecule has 0 radical (unpaired) electrons. The smallest absolute Gasteiger partial charge is 0.412 e. The number of hydrogen-bond acceptors (Lipinski definition) is 4. The lowest BCUT2D eigenvalue weighted by molar-refractivity contribution is -0.103. The average Bonchev–Trinajstić information content (AvgIpc) is 2.59. The second kappa shape index (κ2) is 5.51. The molecule has 5 heteroatoms. The molecule has 0 aliphatic rings. The Kier molecular flexibility index (Phi) is 4.30. The number of carbonyl (C=O) groups excluding carboxylic acids is 2. The van der Waals surface area contributed by atoms with Gasteiger partial charge in [-0.3, -0.25) is 10.1 Å². The van der Waals surface area contributed by atoms with Crippen molar-refractivity contribution < 1.29 is 14.3 Å². The second-order valence-electron chi connectivity index (χ2n) is 4.21. The van der Waals surface area contributed by atoms with Crippen LogP contribution < -0.4 is 5.32 Å². The predicted molar refractivity (Wildman–Crippen MR) is 67.1 cm³/mol. The number of thiophene rings is 1. The van der Waals surface area contributed by atoms with Crippen LogP contribution >= 0.6 is 11.3 Å². The maximum Gasteiger partial charge on any atom is 0.412 e. The van der Waals surface area contributed by atoms with E-state index in [0.717, 1.165) is 0 Å². The summed E-state index contributed by atoms with van der Waals surface area (Å²) in [5.41, 5.74) is 0.162. The highest BCUT2D eigenvalue weighted by Crippen LogP contribution is 2.20. The molecule has 1 rings (SSSR count). The van der Waals surface area contributed by atoms with Crippen LogP contribution in [0.4, 0.5) is 9.80 Å². The molecule has 0 aromatic carbocycles. The monoisotopic (exact) mass is 251 g/mol. The largest absolute Gasteiger partial charge is 0.444 e. The van der Waals surface area contributed by atoms with E-state index < -0.39 is 11.7 Å². The van der Waals surface area contributed by atoms with Gasteiger partial charge in [-0.25, -0.2) is 4.79 Å². The van der Waals surface area contributed by atoms with Crippen LogP contribution in [0.1, 0.15) is 26.3 Å². The summed E-state index contributed by atoms with van der Waals surface area (Å²) < 4.78 is 5.10. The van der Waals surface area contributed by atoms with Gasteiger partial charge in [0.1, 0.15) is 5.60 Å². The topological polar surface area (TPSA) is 55.4 Å². The van der Waals surface area contributed by atoms with Crippen molar-refractivity contribution in [3.05, 3.63) is 17.0 Å². The molecule has 0 fully saturated rings. The highest BCUT2D eigenvalue weighted by Gasteiger charge is 2.16. The fourth-order valence-electron chi connectivity index (χ4n) is 0.984. The minimum atomic E-state index is -0.526. The molecule has 0 aliphatic heterocycles. The van der Waals surface area contributed by atoms with Crippen molar-refractivity contribution in [3.63, 3.8) is 0 Å². The van der Waals surface area contributed by atoms with Crippen LogP contribution in [0.15, 0.2) is 11.4 Å². The van der Waals surface area contributed by atoms with E-state index in [0.29, 0.717) is 16.9 Å². The quantitative estimate of drug-likeness (QED) is 0.616. The Balaban J connectivity index is 2.60. The molecule has 0 saturated heterocycles. The molecule has 1 aromatic heterocycles. The third-order valence-corrected chi connectivity index (χ3v) is 2.34. The van der Waals surface area contributed by atoms with Crippen LogP contribution in [0.5, 0.6) is 0 Å². The lowest BCUT2D eigenvalue weighted by Gasteiger charge is -2.19. The Labute approximate surface area is 104 Å². The number of nitrogens with one attached hydrogen (secondary N) is 1. The van der Waals surface area contributed by atoms with Crippen LogP contribution in [-0.4, -0.2) is 18.0 Å². The van der Waals surface area contributed by atoms with Crippen LogP contribution in [0.2, 0.25) is 0 Å². The maximum absolute atomic E-state index is 11.4. The summed E-state index contributed by atoms with van der Waals surface area (Å²) in [6.07, 6.45) is 0.0211. The highest BCUT2D eigenvalue weighted by molar-refractivity contribution is 7.14. The van der Waals surface area contributed by atoms with Crippen LogP contribution in [0.25, 0.3) is 0 Å². The zero-order chi connectivity index (χ0) is 12.9. The Morgan fingerprint density at radius 2 is 2.24 bits per heavy atom. The summed E-state index contributed by atoms with van der Waals surface area (Å²) in [5.74, 6) is 4.94. The van der Waals surface area contributed by atoms with Crippen molar-refractivity contribution in [1.82, 2.24) is 0 Å². The third-order valence-electron chi connectivity index (χ3n) is 1.50. The maximum atomic E-state index is 11.4. The predicted octanol–water partition coefficient (Wildman–Crippen LogP) is 2.65. The van der Waals surface area contributed by atoms with E-state index in [1.807, 2.05) is 0 Å². The van der Waals surface area contributed by atoms with Gasteiger partial charge in [0.2, 0.25) is 0 Å². The van der Waals surface area contributed by atoms with Crippen LogP contribution in [-0.2, 0) is 9.53 Å². The van der Waals surface area contributed by atoms with Gasteiger partial charge in [-0.05, 0) is 32.8 Å². The second-order valence-corrected chi connectivity index (χ2v) is 5.12. The highest BCUT2D eigenvalue weighted by atomic mass is 32.1. The van der Waals surface area contributed by atoms with Gasteiger partial charge in [-0.2, -0.15) is 0 Å². The summed E-state index contributed by atoms with van der Waals surface area (Å²) in [4.78, 5) is 21.5. The molecule has 17 heavy (non-hydrogen) atoms. The Morgan fingerprint density at radius 3 is 2.82 bits per heavy atom. The molecule has 0 atom stereocenters. The van der Waals surface area contributed by atoms with Gasteiger partial charge in [0, 0.05) is 10.9 Å². The first-order valence-corrected chi connectivity index (χ1v) is 5.82. The van der Waals surface area contributed by atoms with Crippen molar-refractivity contribution in [2.45, 2.75) is 26.4 Å². The van der Waals surface area contributed by atoms with E-state index in [1.54, 1.807) is 32.2 Å². The van der Waals surface area contributed by atoms with Crippen molar-refractivity contribution >= 4 is 28.7 Å². The molecule has 1 heterocycles. The number of ether oxygens (including phenoxy) is 1. The molecule has 1 aromatic rings. The van der Waals surface area contributed by atoms with Gasteiger partial charge in [-0.15, -0.1) is 11.3 Å². The number of amides is 1. The molecule has 1 amide bonds. The SMILES string of the molecule is CC(C)(C)OC(=O)Nc1cc(C#CC=O)cs1. The van der Waals surface area contributed by atoms with E-state index in [-0.39, 0.29) is 0 Å². The minimum absolute atomic E-state index is 0.505. The average molecular weight is 251 g/mol. The van der Waals surface area contributed by atoms with Crippen molar-refractivity contribution in [3.8, 4) is 11.8 Å². The number of aldehydes is 1. The molecule has 4 nitrogen and oxygen atoms in total. The van der Waals surface area contributed by atoms with Crippen LogP contribution in [0, 0.1) is 11.8 Å². The van der Waals surface area contributed by atoms with Gasteiger partial charge in [0.25, 0.3) is 0 Å². The minimum Gasteiger partial charge on any atom is -0.444 e. The summed E-state index contributed by atoms with van der Waals surface area (Å²) in [5, 5.41) is 4.98. The normalized spacial score (nSPS) is 10.1. The lowest BCUT2D eigenvalue weighted by Crippen LogP contribution is -2.26. The molecule has 90 valence electrons. The molecule has 0 spiro atoms. The Morgan fingerprint density at radius 1 is 1.53 bits per heavy atom. The number of anilines is 1. The first-order valence-electron chi connectivity index (χ1n) is 4.94. The van der Waals surface area contributed by atoms with E-state index >= 15 is 0 Å². The lowest BCUT2D eigenvalue weighted by atomic mass is 10.2. The summed E-state index contributed by atoms with van der Waals surface area (Å²) in [6, 6.07) is 1.69. The van der Waals surface area contributed by atoms with E-state index in [4.69, 9.17) is 4.74 Å². The van der Waals surface area contributed by atoms with E-state index in [2.05, 4.69) is 17.2 Å². The molecule has 0 aliphatic carbocycles. The zero-order valence-corrected chi connectivity index (χ0v) is 10.7. The fraction of sp³-hybridized carbons (Fsp3) is 0.333. The molecular formula is C12H13NO3S. The van der Waals surface area contributed by atoms with Gasteiger partial charge < -0.3 is 4.74 Å². The fourth-order valence-corrected chi connectivity index (χ4v) is 1.70. The Hall–Kier alpha value is -1.80. The summed E-state index contributed by atoms with van der Waals surface area (Å²) in [6.45, 7) is 5.38. The van der Waals surface area contributed by atoms with Gasteiger partial charge in [0.05, 0.1) is 5.00 Å². The number of carbonyl (C=O) groups is 2. The third kappa shape index (κ3) is 5.18. The molecule has 0 bridgehead atoms. The van der Waals surface area contributed by atoms with Crippen molar-refractivity contribution in [1.29, 1.82) is 0 Å². The standard InChI is InChI=1S/C12H13NO3S/c1-12(2,3)16-11(15)13-10-7-9(8-17-10)5-4-6-14/h6-8H,1-3H3,(H,13,15). The van der Waals surface area contributed by atoms with E-state index in [1.165, 1.54) is 11.3 Å². The van der Waals surface area contributed by atoms with Gasteiger partial charge >= 0.3 is 6.09 Å². The molecule has 0 saturated carbocycles. The zero-order valence-electron chi connectivity index (χ0n) is 9.87. The van der Waals surface area contributed by atoms with Gasteiger partial charge in [-0.1, -0.05) is 5.92 Å². The van der Waals surface area contributed by atoms with Crippen molar-refractivity contribution in [2.75, 3.05) is 5.32 Å². The first kappa shape index (κ1) is 13.3. The molecular weight excluding hydrogens is 238 g/mol. The Bertz CT molecular complexity index is 474. The number of hydrogen-bond donors (Lipinski definition) is 1. The van der Waals surface area contributed by atoms with Gasteiger partial charge in [0.15, 0.2) is 6.29 Å². The summed E-state index contributed by atoms with van der Waals surface area (Å²) in [7, 11) is 0. The molecule has 1 N–H and O–H groups in total. The van der Waals surface area contributed by atoms with Crippen molar-refractivity contribution in [2.24, 2.45) is 0 Å². The van der Waals surface area contributed by atoms with Crippen LogP contribution in [0.3, 0.4) is 0 Å². The summed E-state index contributed by atoms with van der Waals surface area (Å²) >= 11 is 1.32.